The van der Waals surface area contributed by atoms with Crippen LogP contribution < -0.4 is 16.4 Å². The Hall–Kier alpha value is -1.75. The smallest absolute Gasteiger partial charge is 0.251 e. The first-order valence-electron chi connectivity index (χ1n) is 7.23. The predicted molar refractivity (Wildman–Crippen MR) is 83.0 cm³/mol. The van der Waals surface area contributed by atoms with Gasteiger partial charge in [-0.25, -0.2) is 0 Å². The lowest BCUT2D eigenvalue weighted by Gasteiger charge is -2.30. The van der Waals surface area contributed by atoms with E-state index in [1.807, 2.05) is 13.0 Å². The van der Waals surface area contributed by atoms with Crippen molar-refractivity contribution in [2.45, 2.75) is 25.8 Å². The van der Waals surface area contributed by atoms with Crippen LogP contribution in [0.4, 0.5) is 11.4 Å². The van der Waals surface area contributed by atoms with Gasteiger partial charge in [0.2, 0.25) is 0 Å². The number of nitrogens with zero attached hydrogens (tertiary/aromatic N) is 1. The highest BCUT2D eigenvalue weighted by atomic mass is 16.1. The minimum Gasteiger partial charge on any atom is -0.397 e. The van der Waals surface area contributed by atoms with Crippen molar-refractivity contribution in [2.75, 3.05) is 37.7 Å². The van der Waals surface area contributed by atoms with E-state index >= 15 is 0 Å². The topological polar surface area (TPSA) is 70.4 Å². The van der Waals surface area contributed by atoms with Crippen molar-refractivity contribution in [3.8, 4) is 0 Å². The average molecular weight is 276 g/mol. The molecule has 4 N–H and O–H groups in total. The molecule has 1 fully saturated rings. The second-order valence-corrected chi connectivity index (χ2v) is 5.38. The molecule has 0 radical (unpaired) electrons. The number of likely N-dealkylation sites (tertiary alicyclic amines) is 1. The summed E-state index contributed by atoms with van der Waals surface area (Å²) >= 11 is 0. The van der Waals surface area contributed by atoms with Crippen molar-refractivity contribution in [2.24, 2.45) is 0 Å². The highest BCUT2D eigenvalue weighted by molar-refractivity contribution is 5.96. The van der Waals surface area contributed by atoms with Crippen molar-refractivity contribution in [3.05, 3.63) is 23.8 Å². The summed E-state index contributed by atoms with van der Waals surface area (Å²) in [7, 11) is 2.14. The van der Waals surface area contributed by atoms with Crippen LogP contribution >= 0.6 is 0 Å². The SMILES string of the molecule is CCNC(=O)c1ccc(N)c(NC2CCN(C)CC2)c1. The molecule has 1 aromatic carbocycles. The number of carbonyl (C=O) groups is 1. The molecule has 1 aliphatic rings. The van der Waals surface area contributed by atoms with E-state index in [1.54, 1.807) is 12.1 Å². The van der Waals surface area contributed by atoms with E-state index in [2.05, 4.69) is 22.6 Å². The molecular formula is C15H24N4O. The molecule has 1 amide bonds. The van der Waals surface area contributed by atoms with E-state index in [9.17, 15) is 4.79 Å². The maximum atomic E-state index is 11.9. The molecule has 20 heavy (non-hydrogen) atoms. The second kappa shape index (κ2) is 6.61. The Morgan fingerprint density at radius 1 is 1.40 bits per heavy atom. The zero-order chi connectivity index (χ0) is 14.5. The zero-order valence-electron chi connectivity index (χ0n) is 12.3. The quantitative estimate of drug-likeness (QED) is 0.729. The van der Waals surface area contributed by atoms with Crippen LogP contribution in [-0.4, -0.2) is 43.5 Å². The molecule has 0 unspecified atom stereocenters. The normalized spacial score (nSPS) is 16.9. The summed E-state index contributed by atoms with van der Waals surface area (Å²) in [5.74, 6) is -0.0565. The Balaban J connectivity index is 2.06. The molecule has 2 rings (SSSR count). The van der Waals surface area contributed by atoms with Gasteiger partial charge in [-0.05, 0) is 58.1 Å². The van der Waals surface area contributed by atoms with Gasteiger partial charge in [-0.2, -0.15) is 0 Å². The largest absolute Gasteiger partial charge is 0.397 e. The number of nitrogen functional groups attached to an aromatic ring is 1. The first-order valence-corrected chi connectivity index (χ1v) is 7.23. The summed E-state index contributed by atoms with van der Waals surface area (Å²) in [6.45, 7) is 4.72. The lowest BCUT2D eigenvalue weighted by Crippen LogP contribution is -2.36. The molecule has 0 atom stereocenters. The lowest BCUT2D eigenvalue weighted by molar-refractivity contribution is 0.0956. The van der Waals surface area contributed by atoms with Gasteiger partial charge in [0.25, 0.3) is 5.91 Å². The minimum absolute atomic E-state index is 0.0565. The number of nitrogens with two attached hydrogens (primary N) is 1. The van der Waals surface area contributed by atoms with Crippen LogP contribution in [0.3, 0.4) is 0 Å². The Morgan fingerprint density at radius 3 is 2.75 bits per heavy atom. The summed E-state index contributed by atoms with van der Waals surface area (Å²) in [6, 6.07) is 5.83. The van der Waals surface area contributed by atoms with E-state index in [0.29, 0.717) is 23.8 Å². The van der Waals surface area contributed by atoms with Gasteiger partial charge in [-0.15, -0.1) is 0 Å². The van der Waals surface area contributed by atoms with Gasteiger partial charge >= 0.3 is 0 Å². The van der Waals surface area contributed by atoms with Crippen LogP contribution in [0, 0.1) is 0 Å². The van der Waals surface area contributed by atoms with Gasteiger partial charge < -0.3 is 21.3 Å². The Bertz CT molecular complexity index is 467. The fourth-order valence-electron chi connectivity index (χ4n) is 2.46. The molecule has 1 aliphatic heterocycles. The maximum absolute atomic E-state index is 11.9. The highest BCUT2D eigenvalue weighted by Gasteiger charge is 2.17. The number of hydrogen-bond acceptors (Lipinski definition) is 4. The van der Waals surface area contributed by atoms with Crippen molar-refractivity contribution in [1.82, 2.24) is 10.2 Å². The van der Waals surface area contributed by atoms with Crippen LogP contribution in [0.1, 0.15) is 30.1 Å². The van der Waals surface area contributed by atoms with Gasteiger partial charge in [0.15, 0.2) is 0 Å². The van der Waals surface area contributed by atoms with Crippen LogP contribution in [-0.2, 0) is 0 Å². The third-order valence-electron chi connectivity index (χ3n) is 3.73. The van der Waals surface area contributed by atoms with Crippen LogP contribution in [0.2, 0.25) is 0 Å². The molecule has 0 spiro atoms. The summed E-state index contributed by atoms with van der Waals surface area (Å²) < 4.78 is 0. The monoisotopic (exact) mass is 276 g/mol. The average Bonchev–Trinajstić information content (AvgIpc) is 2.44. The number of anilines is 2. The molecule has 1 heterocycles. The fourth-order valence-corrected chi connectivity index (χ4v) is 2.46. The highest BCUT2D eigenvalue weighted by Crippen LogP contribution is 2.23. The molecular weight excluding hydrogens is 252 g/mol. The maximum Gasteiger partial charge on any atom is 0.251 e. The van der Waals surface area contributed by atoms with Gasteiger partial charge in [0.05, 0.1) is 11.4 Å². The Labute approximate surface area is 120 Å². The summed E-state index contributed by atoms with van der Waals surface area (Å²) in [5.41, 5.74) is 8.21. The van der Waals surface area contributed by atoms with Gasteiger partial charge in [0.1, 0.15) is 0 Å². The molecule has 110 valence electrons. The van der Waals surface area contributed by atoms with Crippen molar-refractivity contribution in [3.63, 3.8) is 0 Å². The van der Waals surface area contributed by atoms with E-state index < -0.39 is 0 Å². The van der Waals surface area contributed by atoms with E-state index in [0.717, 1.165) is 31.6 Å². The number of amides is 1. The molecule has 5 nitrogen and oxygen atoms in total. The first kappa shape index (κ1) is 14.7. The van der Waals surface area contributed by atoms with Crippen LogP contribution in [0.25, 0.3) is 0 Å². The third-order valence-corrected chi connectivity index (χ3v) is 3.73. The Kier molecular flexibility index (Phi) is 4.84. The molecule has 0 aliphatic carbocycles. The number of carbonyl (C=O) groups excluding carboxylic acids is 1. The minimum atomic E-state index is -0.0565. The van der Waals surface area contributed by atoms with Crippen molar-refractivity contribution in [1.29, 1.82) is 0 Å². The number of benzene rings is 1. The predicted octanol–water partition coefficient (Wildman–Crippen LogP) is 1.52. The molecule has 0 aromatic heterocycles. The summed E-state index contributed by atoms with van der Waals surface area (Å²) in [4.78, 5) is 14.2. The number of piperidine rings is 1. The van der Waals surface area contributed by atoms with E-state index in [4.69, 9.17) is 5.73 Å². The van der Waals surface area contributed by atoms with Gasteiger partial charge in [-0.1, -0.05) is 0 Å². The van der Waals surface area contributed by atoms with Crippen molar-refractivity contribution < 1.29 is 4.79 Å². The molecule has 1 aromatic rings. The number of rotatable bonds is 4. The zero-order valence-corrected chi connectivity index (χ0v) is 12.3. The molecule has 0 bridgehead atoms. The standard InChI is InChI=1S/C15H24N4O/c1-3-17-15(20)11-4-5-13(16)14(10-11)18-12-6-8-19(2)9-7-12/h4-5,10,12,18H,3,6-9,16H2,1-2H3,(H,17,20). The second-order valence-electron chi connectivity index (χ2n) is 5.38. The van der Waals surface area contributed by atoms with Gasteiger partial charge in [0, 0.05) is 18.2 Å². The number of nitrogens with one attached hydrogen (secondary N) is 2. The van der Waals surface area contributed by atoms with Crippen molar-refractivity contribution >= 4 is 17.3 Å². The molecule has 1 saturated heterocycles. The van der Waals surface area contributed by atoms with Crippen LogP contribution in [0.15, 0.2) is 18.2 Å². The summed E-state index contributed by atoms with van der Waals surface area (Å²) in [5, 5.41) is 6.28. The molecule has 5 heteroatoms. The van der Waals surface area contributed by atoms with E-state index in [1.165, 1.54) is 0 Å². The summed E-state index contributed by atoms with van der Waals surface area (Å²) in [6.07, 6.45) is 2.20. The van der Waals surface area contributed by atoms with Crippen LogP contribution in [0.5, 0.6) is 0 Å². The van der Waals surface area contributed by atoms with E-state index in [-0.39, 0.29) is 5.91 Å². The third kappa shape index (κ3) is 3.63. The van der Waals surface area contributed by atoms with Gasteiger partial charge in [-0.3, -0.25) is 4.79 Å². The Morgan fingerprint density at radius 2 is 2.10 bits per heavy atom. The number of hydrogen-bond donors (Lipinski definition) is 3. The molecule has 0 saturated carbocycles. The lowest BCUT2D eigenvalue weighted by atomic mass is 10.0. The fraction of sp³-hybridized carbons (Fsp3) is 0.533. The first-order chi connectivity index (χ1) is 9.60.